The van der Waals surface area contributed by atoms with Crippen LogP contribution in [0.2, 0.25) is 0 Å². The number of nitriles is 3. The lowest BCUT2D eigenvalue weighted by Gasteiger charge is -2.49. The van der Waals surface area contributed by atoms with Crippen LogP contribution in [0.3, 0.4) is 0 Å². The van der Waals surface area contributed by atoms with Crippen molar-refractivity contribution < 1.29 is 14.3 Å². The van der Waals surface area contributed by atoms with Crippen molar-refractivity contribution in [3.8, 4) is 18.2 Å². The van der Waals surface area contributed by atoms with E-state index >= 15 is 0 Å². The van der Waals surface area contributed by atoms with Crippen molar-refractivity contribution >= 4 is 17.7 Å². The van der Waals surface area contributed by atoms with Gasteiger partial charge in [0.1, 0.15) is 5.41 Å². The Morgan fingerprint density at radius 3 is 2.45 bits per heavy atom. The van der Waals surface area contributed by atoms with E-state index in [-0.39, 0.29) is 37.5 Å². The summed E-state index contributed by atoms with van der Waals surface area (Å²) in [5, 5.41) is 30.9. The number of amides is 2. The number of benzene rings is 2. The van der Waals surface area contributed by atoms with Crippen molar-refractivity contribution in [3.05, 3.63) is 88.6 Å². The molecular formula is C29H24N6O3. The molecule has 0 fully saturated rings. The van der Waals surface area contributed by atoms with Crippen molar-refractivity contribution in [3.63, 3.8) is 0 Å². The van der Waals surface area contributed by atoms with Crippen LogP contribution >= 0.6 is 0 Å². The standard InChI is InChI=1S/C29H24N6O3/c1-2-38-27(37)34-13-12-20-23(16-34)29(22(14-30)25(33)28(20,17-31)18-32)21-10-6-7-11-24(21)35(26(29)36)15-19-8-4-3-5-9-19/h3-12,23H,2,13,15-16,33H2,1H3/t23-,29+/m0/s1. The maximum absolute atomic E-state index is 14.7. The molecule has 2 N–H and O–H groups in total. The van der Waals surface area contributed by atoms with Crippen molar-refractivity contribution in [2.45, 2.75) is 18.9 Å². The Bertz CT molecular complexity index is 1510. The van der Waals surface area contributed by atoms with E-state index in [2.05, 4.69) is 6.07 Å². The second-order valence-electron chi connectivity index (χ2n) is 9.39. The quantitative estimate of drug-likeness (QED) is 0.631. The van der Waals surface area contributed by atoms with Crippen molar-refractivity contribution in [2.24, 2.45) is 17.1 Å². The molecule has 0 radical (unpaired) electrons. The zero-order valence-electron chi connectivity index (χ0n) is 20.7. The van der Waals surface area contributed by atoms with E-state index in [0.29, 0.717) is 16.8 Å². The molecular weight excluding hydrogens is 480 g/mol. The molecule has 2 atom stereocenters. The van der Waals surface area contributed by atoms with Crippen LogP contribution in [0, 0.1) is 45.3 Å². The summed E-state index contributed by atoms with van der Waals surface area (Å²) >= 11 is 0. The number of nitrogens with two attached hydrogens (primary N) is 1. The molecule has 0 saturated heterocycles. The van der Waals surface area contributed by atoms with Crippen LogP contribution in [0.5, 0.6) is 0 Å². The molecule has 0 saturated carbocycles. The number of allylic oxidation sites excluding steroid dienone is 1. The van der Waals surface area contributed by atoms with Crippen LogP contribution in [0.15, 0.2) is 77.5 Å². The third kappa shape index (κ3) is 3.14. The third-order valence-corrected chi connectivity index (χ3v) is 7.69. The topological polar surface area (TPSA) is 147 Å². The number of hydrogen-bond acceptors (Lipinski definition) is 7. The average Bonchev–Trinajstić information content (AvgIpc) is 3.18. The summed E-state index contributed by atoms with van der Waals surface area (Å²) in [5.74, 6) is -1.29. The molecule has 0 unspecified atom stereocenters. The summed E-state index contributed by atoms with van der Waals surface area (Å²) in [4.78, 5) is 30.5. The van der Waals surface area contributed by atoms with E-state index in [1.807, 2.05) is 54.6 Å². The number of rotatable bonds is 3. The van der Waals surface area contributed by atoms with Gasteiger partial charge in [0.15, 0.2) is 0 Å². The molecule has 2 aliphatic heterocycles. The van der Waals surface area contributed by atoms with E-state index in [1.54, 1.807) is 30.0 Å². The van der Waals surface area contributed by atoms with Crippen LogP contribution < -0.4 is 10.6 Å². The number of carbonyl (C=O) groups is 2. The highest BCUT2D eigenvalue weighted by Gasteiger charge is 2.67. The Morgan fingerprint density at radius 2 is 1.79 bits per heavy atom. The van der Waals surface area contributed by atoms with Gasteiger partial charge >= 0.3 is 6.09 Å². The lowest BCUT2D eigenvalue weighted by atomic mass is 9.52. The fourth-order valence-corrected chi connectivity index (χ4v) is 6.03. The Morgan fingerprint density at radius 1 is 1.11 bits per heavy atom. The van der Waals surface area contributed by atoms with Gasteiger partial charge in [0.25, 0.3) is 0 Å². The predicted octanol–water partition coefficient (Wildman–Crippen LogP) is 3.27. The predicted molar refractivity (Wildman–Crippen MR) is 136 cm³/mol. The summed E-state index contributed by atoms with van der Waals surface area (Å²) in [6.07, 6.45) is 1.02. The van der Waals surface area contributed by atoms with Gasteiger partial charge in [-0.1, -0.05) is 54.6 Å². The second-order valence-corrected chi connectivity index (χ2v) is 9.39. The number of nitrogens with zero attached hydrogens (tertiary/aromatic N) is 5. The minimum absolute atomic E-state index is 0.0342. The summed E-state index contributed by atoms with van der Waals surface area (Å²) in [7, 11) is 0. The van der Waals surface area contributed by atoms with E-state index in [1.165, 1.54) is 4.90 Å². The highest BCUT2D eigenvalue weighted by atomic mass is 16.6. The number of para-hydroxylation sites is 1. The van der Waals surface area contributed by atoms with E-state index in [0.717, 1.165) is 5.56 Å². The maximum atomic E-state index is 14.7. The van der Waals surface area contributed by atoms with Crippen molar-refractivity contribution in [2.75, 3.05) is 24.6 Å². The monoisotopic (exact) mass is 504 g/mol. The van der Waals surface area contributed by atoms with Gasteiger partial charge in [0.2, 0.25) is 11.3 Å². The Kier molecular flexibility index (Phi) is 5.90. The number of ether oxygens (including phenoxy) is 1. The molecule has 2 aromatic rings. The molecule has 0 aromatic heterocycles. The Hall–Kier alpha value is -5.07. The first-order chi connectivity index (χ1) is 18.4. The first-order valence-corrected chi connectivity index (χ1v) is 12.2. The molecule has 5 rings (SSSR count). The van der Waals surface area contributed by atoms with Crippen molar-refractivity contribution in [1.29, 1.82) is 15.8 Å². The number of anilines is 1. The average molecular weight is 505 g/mol. The Balaban J connectivity index is 1.80. The van der Waals surface area contributed by atoms with E-state index in [4.69, 9.17) is 10.5 Å². The van der Waals surface area contributed by atoms with Gasteiger partial charge in [-0.05, 0) is 29.7 Å². The van der Waals surface area contributed by atoms with Gasteiger partial charge < -0.3 is 20.3 Å². The zero-order chi connectivity index (χ0) is 27.1. The van der Waals surface area contributed by atoms with Crippen LogP contribution in [0.25, 0.3) is 0 Å². The van der Waals surface area contributed by atoms with Crippen LogP contribution in [-0.4, -0.2) is 36.6 Å². The smallest absolute Gasteiger partial charge is 0.410 e. The van der Waals surface area contributed by atoms with Gasteiger partial charge in [0.05, 0.1) is 42.6 Å². The fraction of sp³-hybridized carbons (Fsp3) is 0.276. The zero-order valence-corrected chi connectivity index (χ0v) is 20.7. The van der Waals surface area contributed by atoms with Gasteiger partial charge in [-0.25, -0.2) is 4.79 Å². The molecule has 9 heteroatoms. The molecule has 1 aliphatic carbocycles. The van der Waals surface area contributed by atoms with Gasteiger partial charge in [-0.3, -0.25) is 4.79 Å². The fourth-order valence-electron chi connectivity index (χ4n) is 6.03. The normalized spacial score (nSPS) is 23.1. The van der Waals surface area contributed by atoms with Crippen LogP contribution in [0.1, 0.15) is 18.1 Å². The molecule has 0 bridgehead atoms. The summed E-state index contributed by atoms with van der Waals surface area (Å²) in [5.41, 5.74) is 4.92. The van der Waals surface area contributed by atoms with Gasteiger partial charge in [-0.15, -0.1) is 0 Å². The highest BCUT2D eigenvalue weighted by molar-refractivity contribution is 6.12. The van der Waals surface area contributed by atoms with Gasteiger partial charge in [0, 0.05) is 24.7 Å². The molecule has 1 spiro atoms. The maximum Gasteiger partial charge on any atom is 0.410 e. The molecule has 2 aromatic carbocycles. The molecule has 188 valence electrons. The molecule has 38 heavy (non-hydrogen) atoms. The number of hydrogen-bond donors (Lipinski definition) is 1. The second kappa shape index (κ2) is 9.10. The van der Waals surface area contributed by atoms with Crippen molar-refractivity contribution in [1.82, 2.24) is 4.90 Å². The third-order valence-electron chi connectivity index (χ3n) is 7.69. The minimum Gasteiger partial charge on any atom is -0.450 e. The highest BCUT2D eigenvalue weighted by Crippen LogP contribution is 2.61. The summed E-state index contributed by atoms with van der Waals surface area (Å²) < 4.78 is 5.22. The SMILES string of the molecule is CCOC(=O)N1CC=C2[C@H](C1)[C@]1(C(=O)N(Cc3ccccc3)c3ccccc31)C(C#N)=C(N)C2(C#N)C#N. The molecule has 9 nitrogen and oxygen atoms in total. The minimum atomic E-state index is -1.94. The van der Waals surface area contributed by atoms with E-state index < -0.39 is 28.7 Å². The number of carbonyl (C=O) groups excluding carboxylic acids is 2. The summed E-state index contributed by atoms with van der Waals surface area (Å²) in [6.45, 7) is 2.13. The van der Waals surface area contributed by atoms with Crippen LogP contribution in [-0.2, 0) is 21.5 Å². The van der Waals surface area contributed by atoms with E-state index in [9.17, 15) is 25.4 Å². The molecule has 2 amide bonds. The lowest BCUT2D eigenvalue weighted by molar-refractivity contribution is -0.123. The van der Waals surface area contributed by atoms with Gasteiger partial charge in [-0.2, -0.15) is 15.8 Å². The first-order valence-electron chi connectivity index (χ1n) is 12.2. The number of fused-ring (bicyclic) bond motifs is 4. The largest absolute Gasteiger partial charge is 0.450 e. The van der Waals surface area contributed by atoms with Crippen LogP contribution in [0.4, 0.5) is 10.5 Å². The lowest BCUT2D eigenvalue weighted by Crippen LogP contribution is -2.59. The molecule has 3 aliphatic rings. The Labute approximate surface area is 220 Å². The molecule has 2 heterocycles. The first kappa shape index (κ1) is 24.6. The summed E-state index contributed by atoms with van der Waals surface area (Å²) in [6, 6.07) is 22.8.